The van der Waals surface area contributed by atoms with Gasteiger partial charge in [0, 0.05) is 0 Å². The number of carboxylic acid groups (broad SMARTS) is 2. The fourth-order valence-electron chi connectivity index (χ4n) is 8.80. The van der Waals surface area contributed by atoms with Crippen LogP contribution < -0.4 is 0 Å². The van der Waals surface area contributed by atoms with Gasteiger partial charge in [0.05, 0.1) is 11.3 Å². The van der Waals surface area contributed by atoms with E-state index in [1.807, 2.05) is 6.92 Å². The first-order valence-electron chi connectivity index (χ1n) is 11.0. The summed E-state index contributed by atoms with van der Waals surface area (Å²) in [6, 6.07) is 0. The van der Waals surface area contributed by atoms with E-state index < -0.39 is 17.4 Å². The second kappa shape index (κ2) is 5.97. The Morgan fingerprint density at radius 1 is 1.00 bits per heavy atom. The molecule has 0 radical (unpaired) electrons. The number of hydrogen-bond acceptors (Lipinski definition) is 2. The molecule has 0 aromatic heterocycles. The molecule has 5 aliphatic carbocycles. The lowest BCUT2D eigenvalue weighted by molar-refractivity contribution is -0.230. The van der Waals surface area contributed by atoms with Gasteiger partial charge in [-0.15, -0.1) is 0 Å². The topological polar surface area (TPSA) is 74.6 Å². The third-order valence-corrected chi connectivity index (χ3v) is 10.0. The molecule has 4 heteroatoms. The average molecular weight is 377 g/mol. The van der Waals surface area contributed by atoms with Gasteiger partial charge in [0.25, 0.3) is 0 Å². The van der Waals surface area contributed by atoms with Gasteiger partial charge in [0.1, 0.15) is 0 Å². The summed E-state index contributed by atoms with van der Waals surface area (Å²) in [6.45, 7) is 8.88. The quantitative estimate of drug-likeness (QED) is 0.721. The van der Waals surface area contributed by atoms with Crippen LogP contribution in [0.1, 0.15) is 79.1 Å². The Morgan fingerprint density at radius 2 is 1.70 bits per heavy atom. The molecule has 5 aliphatic rings. The molecule has 0 amide bonds. The minimum absolute atomic E-state index is 0.0298. The number of aliphatic carboxylic acids is 2. The third-order valence-electron chi connectivity index (χ3n) is 10.0. The van der Waals surface area contributed by atoms with E-state index in [-0.39, 0.29) is 22.7 Å². The highest BCUT2D eigenvalue weighted by Gasteiger charge is 2.69. The molecule has 27 heavy (non-hydrogen) atoms. The Morgan fingerprint density at radius 3 is 2.30 bits per heavy atom. The molecule has 2 N–H and O–H groups in total. The average Bonchev–Trinajstić information content (AvgIpc) is 2.60. The number of rotatable bonds is 3. The number of carbonyl (C=O) groups is 2. The Kier molecular flexibility index (Phi) is 4.26. The molecule has 1 spiro atoms. The first-order valence-corrected chi connectivity index (χ1v) is 11.0. The summed E-state index contributed by atoms with van der Waals surface area (Å²) in [5.74, 6) is 0.792. The lowest BCUT2D eigenvalue weighted by Gasteiger charge is -2.70. The molecule has 4 nitrogen and oxygen atoms in total. The fourth-order valence-corrected chi connectivity index (χ4v) is 8.80. The molecule has 0 heterocycles. The van der Waals surface area contributed by atoms with Crippen LogP contribution in [0.15, 0.2) is 0 Å². The number of fused-ring (bicyclic) bond motifs is 3. The highest BCUT2D eigenvalue weighted by molar-refractivity contribution is 5.75. The van der Waals surface area contributed by atoms with E-state index in [0.29, 0.717) is 23.7 Å². The monoisotopic (exact) mass is 376 g/mol. The molecule has 0 saturated heterocycles. The molecule has 0 aromatic carbocycles. The number of carboxylic acids is 2. The fraction of sp³-hybridized carbons (Fsp3) is 0.913. The second-order valence-electron chi connectivity index (χ2n) is 11.2. The van der Waals surface area contributed by atoms with Crippen LogP contribution in [0.2, 0.25) is 0 Å². The van der Waals surface area contributed by atoms with Gasteiger partial charge >= 0.3 is 11.9 Å². The van der Waals surface area contributed by atoms with E-state index in [1.165, 1.54) is 0 Å². The van der Waals surface area contributed by atoms with Crippen LogP contribution in [0.5, 0.6) is 0 Å². The Labute approximate surface area is 163 Å². The van der Waals surface area contributed by atoms with Gasteiger partial charge in [0.15, 0.2) is 0 Å². The summed E-state index contributed by atoms with van der Waals surface area (Å²) < 4.78 is 0. The predicted octanol–water partition coefficient (Wildman–Crippen LogP) is 5.07. The smallest absolute Gasteiger partial charge is 0.309 e. The molecular weight excluding hydrogens is 340 g/mol. The summed E-state index contributed by atoms with van der Waals surface area (Å²) in [4.78, 5) is 24.5. The molecule has 5 fully saturated rings. The zero-order valence-corrected chi connectivity index (χ0v) is 17.3. The minimum atomic E-state index is -0.651. The number of hydrogen-bond donors (Lipinski definition) is 2. The van der Waals surface area contributed by atoms with Crippen LogP contribution in [0, 0.1) is 51.8 Å². The van der Waals surface area contributed by atoms with Crippen molar-refractivity contribution in [1.82, 2.24) is 0 Å². The third kappa shape index (κ3) is 2.40. The summed E-state index contributed by atoms with van der Waals surface area (Å²) in [5.41, 5.74) is -0.795. The van der Waals surface area contributed by atoms with Crippen molar-refractivity contribution in [2.45, 2.75) is 79.1 Å². The van der Waals surface area contributed by atoms with Crippen molar-refractivity contribution < 1.29 is 19.8 Å². The molecule has 8 unspecified atom stereocenters. The maximum atomic E-state index is 12.3. The zero-order valence-electron chi connectivity index (χ0n) is 17.3. The molecule has 5 saturated carbocycles. The molecular formula is C23H36O4. The zero-order chi connectivity index (χ0) is 19.8. The van der Waals surface area contributed by atoms with Crippen LogP contribution in [-0.4, -0.2) is 22.2 Å². The van der Waals surface area contributed by atoms with Crippen molar-refractivity contribution in [2.75, 3.05) is 0 Å². The van der Waals surface area contributed by atoms with Gasteiger partial charge < -0.3 is 10.2 Å². The maximum Gasteiger partial charge on any atom is 0.309 e. The molecule has 0 aromatic rings. The van der Waals surface area contributed by atoms with E-state index in [1.54, 1.807) is 0 Å². The predicted molar refractivity (Wildman–Crippen MR) is 103 cm³/mol. The van der Waals surface area contributed by atoms with Crippen LogP contribution in [0.3, 0.4) is 0 Å². The van der Waals surface area contributed by atoms with E-state index in [0.717, 1.165) is 51.4 Å². The molecule has 8 atom stereocenters. The van der Waals surface area contributed by atoms with Gasteiger partial charge in [-0.2, -0.15) is 0 Å². The van der Waals surface area contributed by atoms with Crippen molar-refractivity contribution in [3.63, 3.8) is 0 Å². The Balaban J connectivity index is 1.78. The first-order chi connectivity index (χ1) is 12.6. The summed E-state index contributed by atoms with van der Waals surface area (Å²) in [7, 11) is 0. The minimum Gasteiger partial charge on any atom is -0.481 e. The van der Waals surface area contributed by atoms with Gasteiger partial charge in [0.2, 0.25) is 0 Å². The lowest BCUT2D eigenvalue weighted by atomic mass is 9.34. The van der Waals surface area contributed by atoms with Gasteiger partial charge in [-0.05, 0) is 92.3 Å². The molecule has 2 bridgehead atoms. The van der Waals surface area contributed by atoms with E-state index in [4.69, 9.17) is 0 Å². The standard InChI is InChI=1S/C23H36O4/c1-13(2)15-12-23-9-6-17-21(3,7-5-8-22(17,4)20(26)27)18(23)11-14(15)10-16(23)19(24)25/h13-18H,5-12H2,1-4H3,(H,24,25)(H,26,27). The first kappa shape index (κ1) is 19.3. The Hall–Kier alpha value is -1.06. The summed E-state index contributed by atoms with van der Waals surface area (Å²) in [6.07, 6.45) is 7.59. The van der Waals surface area contributed by atoms with E-state index in [9.17, 15) is 19.8 Å². The van der Waals surface area contributed by atoms with E-state index in [2.05, 4.69) is 20.8 Å². The maximum absolute atomic E-state index is 12.3. The van der Waals surface area contributed by atoms with Crippen molar-refractivity contribution in [1.29, 1.82) is 0 Å². The van der Waals surface area contributed by atoms with Gasteiger partial charge in [-0.25, -0.2) is 0 Å². The Bertz CT molecular complexity index is 657. The van der Waals surface area contributed by atoms with Crippen LogP contribution >= 0.6 is 0 Å². The highest BCUT2D eigenvalue weighted by atomic mass is 16.4. The molecule has 152 valence electrons. The van der Waals surface area contributed by atoms with Crippen molar-refractivity contribution in [2.24, 2.45) is 51.8 Å². The van der Waals surface area contributed by atoms with E-state index >= 15 is 0 Å². The van der Waals surface area contributed by atoms with Crippen LogP contribution in [0.4, 0.5) is 0 Å². The van der Waals surface area contributed by atoms with Crippen LogP contribution in [0.25, 0.3) is 0 Å². The molecule has 0 aliphatic heterocycles. The molecule has 5 rings (SSSR count). The summed E-state index contributed by atoms with van der Waals surface area (Å²) in [5, 5.41) is 20.1. The SMILES string of the molecule is CC(C)C1CC23CCC4C(C)(C(=O)O)CCCC4(C)C2CC1CC3C(=O)O. The van der Waals surface area contributed by atoms with Crippen molar-refractivity contribution >= 4 is 11.9 Å². The summed E-state index contributed by atoms with van der Waals surface area (Å²) >= 11 is 0. The van der Waals surface area contributed by atoms with Crippen molar-refractivity contribution in [3.8, 4) is 0 Å². The second-order valence-corrected chi connectivity index (χ2v) is 11.2. The van der Waals surface area contributed by atoms with Crippen molar-refractivity contribution in [3.05, 3.63) is 0 Å². The van der Waals surface area contributed by atoms with Crippen LogP contribution in [-0.2, 0) is 9.59 Å². The normalized spacial score (nSPS) is 51.5. The van der Waals surface area contributed by atoms with Gasteiger partial charge in [-0.1, -0.05) is 27.2 Å². The largest absolute Gasteiger partial charge is 0.481 e. The highest BCUT2D eigenvalue weighted by Crippen LogP contribution is 2.74. The van der Waals surface area contributed by atoms with Gasteiger partial charge in [-0.3, -0.25) is 9.59 Å². The lowest BCUT2D eigenvalue weighted by Crippen LogP contribution is -2.65.